The summed E-state index contributed by atoms with van der Waals surface area (Å²) in [6.45, 7) is 1.97. The van der Waals surface area contributed by atoms with Crippen LogP contribution in [0.4, 0.5) is 5.69 Å². The summed E-state index contributed by atoms with van der Waals surface area (Å²) in [5.74, 6) is 0.228. The van der Waals surface area contributed by atoms with Crippen LogP contribution in [0, 0.1) is 0 Å². The first-order valence-electron chi connectivity index (χ1n) is 5.68. The molecule has 2 nitrogen and oxygen atoms in total. The Morgan fingerprint density at radius 1 is 0.947 bits per heavy atom. The van der Waals surface area contributed by atoms with Crippen LogP contribution in [0.25, 0.3) is 0 Å². The van der Waals surface area contributed by atoms with Gasteiger partial charge in [0.15, 0.2) is 0 Å². The highest BCUT2D eigenvalue weighted by Gasteiger charge is 2.14. The van der Waals surface area contributed by atoms with E-state index in [0.29, 0.717) is 15.1 Å². The van der Waals surface area contributed by atoms with Gasteiger partial charge in [0.1, 0.15) is 5.75 Å². The lowest BCUT2D eigenvalue weighted by molar-refractivity contribution is 0.475. The van der Waals surface area contributed by atoms with E-state index in [2.05, 4.69) is 5.32 Å². The molecule has 0 fully saturated rings. The van der Waals surface area contributed by atoms with Gasteiger partial charge in [-0.25, -0.2) is 0 Å². The van der Waals surface area contributed by atoms with Gasteiger partial charge < -0.3 is 10.4 Å². The van der Waals surface area contributed by atoms with Crippen molar-refractivity contribution in [1.82, 2.24) is 0 Å². The van der Waals surface area contributed by atoms with Crippen LogP contribution in [0.5, 0.6) is 5.75 Å². The van der Waals surface area contributed by atoms with Crippen molar-refractivity contribution >= 4 is 40.5 Å². The number of benzene rings is 2. The molecule has 2 N–H and O–H groups in total. The summed E-state index contributed by atoms with van der Waals surface area (Å²) in [5, 5.41) is 13.8. The highest BCUT2D eigenvalue weighted by atomic mass is 35.5. The van der Waals surface area contributed by atoms with Gasteiger partial charge in [0, 0.05) is 5.69 Å². The summed E-state index contributed by atoms with van der Waals surface area (Å²) >= 11 is 18.1. The van der Waals surface area contributed by atoms with Crippen LogP contribution < -0.4 is 5.32 Å². The molecule has 0 spiro atoms. The van der Waals surface area contributed by atoms with E-state index in [-0.39, 0.29) is 11.8 Å². The van der Waals surface area contributed by atoms with E-state index >= 15 is 0 Å². The normalized spacial score (nSPS) is 12.2. The average molecular weight is 317 g/mol. The maximum Gasteiger partial charge on any atom is 0.115 e. The smallest absolute Gasteiger partial charge is 0.115 e. The van der Waals surface area contributed by atoms with Crippen LogP contribution in [0.15, 0.2) is 36.4 Å². The van der Waals surface area contributed by atoms with Gasteiger partial charge in [-0.3, -0.25) is 0 Å². The number of rotatable bonds is 3. The van der Waals surface area contributed by atoms with Gasteiger partial charge in [-0.2, -0.15) is 0 Å². The van der Waals surface area contributed by atoms with E-state index < -0.39 is 0 Å². The van der Waals surface area contributed by atoms with Gasteiger partial charge in [-0.15, -0.1) is 0 Å². The van der Waals surface area contributed by atoms with Crippen molar-refractivity contribution in [2.75, 3.05) is 5.32 Å². The van der Waals surface area contributed by atoms with Crippen LogP contribution in [0.3, 0.4) is 0 Å². The van der Waals surface area contributed by atoms with Crippen molar-refractivity contribution in [3.8, 4) is 5.75 Å². The molecule has 2 aromatic rings. The van der Waals surface area contributed by atoms with Crippen molar-refractivity contribution in [2.45, 2.75) is 13.0 Å². The van der Waals surface area contributed by atoms with Crippen molar-refractivity contribution in [1.29, 1.82) is 0 Å². The van der Waals surface area contributed by atoms with E-state index in [4.69, 9.17) is 34.8 Å². The molecule has 0 saturated heterocycles. The lowest BCUT2D eigenvalue weighted by Crippen LogP contribution is -2.07. The minimum absolute atomic E-state index is 0.0354. The molecule has 1 atom stereocenters. The Balaban J connectivity index is 2.23. The lowest BCUT2D eigenvalue weighted by atomic mass is 10.1. The molecule has 0 saturated carbocycles. The molecule has 0 heterocycles. The second kappa shape index (κ2) is 5.91. The Kier molecular flexibility index (Phi) is 4.46. The first-order valence-corrected chi connectivity index (χ1v) is 6.81. The summed E-state index contributed by atoms with van der Waals surface area (Å²) in [4.78, 5) is 0. The van der Waals surface area contributed by atoms with E-state index in [1.807, 2.05) is 13.0 Å². The number of phenols is 1. The second-order valence-corrected chi connectivity index (χ2v) is 5.34. The highest BCUT2D eigenvalue weighted by molar-refractivity contribution is 6.48. The van der Waals surface area contributed by atoms with Crippen LogP contribution in [-0.4, -0.2) is 5.11 Å². The van der Waals surface area contributed by atoms with Gasteiger partial charge >= 0.3 is 0 Å². The van der Waals surface area contributed by atoms with Crippen LogP contribution in [0.2, 0.25) is 15.1 Å². The highest BCUT2D eigenvalue weighted by Crippen LogP contribution is 2.36. The monoisotopic (exact) mass is 315 g/mol. The topological polar surface area (TPSA) is 32.3 Å². The molecule has 0 bridgehead atoms. The largest absolute Gasteiger partial charge is 0.508 e. The number of hydrogen-bond acceptors (Lipinski definition) is 2. The molecular formula is C14H12Cl3NO. The van der Waals surface area contributed by atoms with Crippen molar-refractivity contribution in [2.24, 2.45) is 0 Å². The SMILES string of the molecule is CC(Nc1ccc(O)cc1)c1ccc(Cl)c(Cl)c1Cl. The van der Waals surface area contributed by atoms with Gasteiger partial charge in [-0.1, -0.05) is 40.9 Å². The van der Waals surface area contributed by atoms with E-state index in [1.165, 1.54) is 0 Å². The van der Waals surface area contributed by atoms with Crippen LogP contribution >= 0.6 is 34.8 Å². The molecule has 0 aliphatic heterocycles. The quantitative estimate of drug-likeness (QED) is 0.577. The zero-order chi connectivity index (χ0) is 14.0. The lowest BCUT2D eigenvalue weighted by Gasteiger charge is -2.18. The second-order valence-electron chi connectivity index (χ2n) is 4.18. The Labute approximate surface area is 126 Å². The fourth-order valence-corrected chi connectivity index (χ4v) is 2.47. The summed E-state index contributed by atoms with van der Waals surface area (Å²) in [7, 11) is 0. The van der Waals surface area contributed by atoms with Crippen molar-refractivity contribution in [3.63, 3.8) is 0 Å². The predicted molar refractivity (Wildman–Crippen MR) is 81.6 cm³/mol. The Bertz CT molecular complexity index is 584. The molecule has 0 aliphatic rings. The van der Waals surface area contributed by atoms with Crippen molar-refractivity contribution < 1.29 is 5.11 Å². The van der Waals surface area contributed by atoms with Crippen LogP contribution in [-0.2, 0) is 0 Å². The fourth-order valence-electron chi connectivity index (χ4n) is 1.76. The molecular weight excluding hydrogens is 305 g/mol. The minimum Gasteiger partial charge on any atom is -0.508 e. The molecule has 0 aromatic heterocycles. The minimum atomic E-state index is -0.0354. The van der Waals surface area contributed by atoms with Crippen LogP contribution in [0.1, 0.15) is 18.5 Å². The number of aromatic hydroxyl groups is 1. The third-order valence-electron chi connectivity index (χ3n) is 2.78. The third kappa shape index (κ3) is 3.27. The zero-order valence-electron chi connectivity index (χ0n) is 10.1. The molecule has 2 aromatic carbocycles. The molecule has 19 heavy (non-hydrogen) atoms. The van der Waals surface area contributed by atoms with E-state index in [9.17, 15) is 5.11 Å². The predicted octanol–water partition coefficient (Wildman–Crippen LogP) is 5.53. The number of halogens is 3. The fraction of sp³-hybridized carbons (Fsp3) is 0.143. The average Bonchev–Trinajstić information content (AvgIpc) is 2.39. The summed E-state index contributed by atoms with van der Waals surface area (Å²) in [6, 6.07) is 10.3. The molecule has 100 valence electrons. The van der Waals surface area contributed by atoms with Gasteiger partial charge in [-0.05, 0) is 42.8 Å². The van der Waals surface area contributed by atoms with Gasteiger partial charge in [0.2, 0.25) is 0 Å². The first-order chi connectivity index (χ1) is 8.99. The van der Waals surface area contributed by atoms with Gasteiger partial charge in [0.25, 0.3) is 0 Å². The number of phenolic OH excluding ortho intramolecular Hbond substituents is 1. The first kappa shape index (κ1) is 14.3. The zero-order valence-corrected chi connectivity index (χ0v) is 12.4. The molecule has 5 heteroatoms. The number of nitrogens with one attached hydrogen (secondary N) is 1. The number of anilines is 1. The maximum atomic E-state index is 9.24. The number of hydrogen-bond donors (Lipinski definition) is 2. The molecule has 2 rings (SSSR count). The third-order valence-corrected chi connectivity index (χ3v) is 4.09. The molecule has 0 amide bonds. The summed E-state index contributed by atoms with van der Waals surface area (Å²) in [6.07, 6.45) is 0. The molecule has 1 unspecified atom stereocenters. The van der Waals surface area contributed by atoms with Crippen molar-refractivity contribution in [3.05, 3.63) is 57.0 Å². The Hall–Kier alpha value is -1.09. The van der Waals surface area contributed by atoms with E-state index in [1.54, 1.807) is 30.3 Å². The molecule has 0 radical (unpaired) electrons. The Morgan fingerprint density at radius 2 is 1.58 bits per heavy atom. The maximum absolute atomic E-state index is 9.24. The Morgan fingerprint density at radius 3 is 2.21 bits per heavy atom. The molecule has 0 aliphatic carbocycles. The summed E-state index contributed by atoms with van der Waals surface area (Å²) in [5.41, 5.74) is 1.75. The van der Waals surface area contributed by atoms with Gasteiger partial charge in [0.05, 0.1) is 21.1 Å². The van der Waals surface area contributed by atoms with E-state index in [0.717, 1.165) is 11.3 Å². The summed E-state index contributed by atoms with van der Waals surface area (Å²) < 4.78 is 0. The standard InChI is InChI=1S/C14H12Cl3NO/c1-8(18-9-2-4-10(19)5-3-9)11-6-7-12(15)14(17)13(11)16/h2-8,18-19H,1H3.